The second-order valence-corrected chi connectivity index (χ2v) is 3.44. The van der Waals surface area contributed by atoms with Gasteiger partial charge in [0.05, 0.1) is 0 Å². The van der Waals surface area contributed by atoms with Crippen LogP contribution in [0.25, 0.3) is 0 Å². The fourth-order valence-electron chi connectivity index (χ4n) is 2.15. The van der Waals surface area contributed by atoms with Gasteiger partial charge in [0.15, 0.2) is 0 Å². The SMILES string of the molecule is CN(C)C1[C@H]2CNC[C@@H]12.Cl. The van der Waals surface area contributed by atoms with Gasteiger partial charge in [-0.15, -0.1) is 12.4 Å². The lowest BCUT2D eigenvalue weighted by Gasteiger charge is -2.11. The van der Waals surface area contributed by atoms with E-state index in [4.69, 9.17) is 0 Å². The molecule has 2 aliphatic rings. The summed E-state index contributed by atoms with van der Waals surface area (Å²) < 4.78 is 0. The second-order valence-electron chi connectivity index (χ2n) is 3.44. The van der Waals surface area contributed by atoms with E-state index in [-0.39, 0.29) is 12.4 Å². The summed E-state index contributed by atoms with van der Waals surface area (Å²) in [4.78, 5) is 2.36. The number of hydrogen-bond acceptors (Lipinski definition) is 2. The molecule has 1 saturated heterocycles. The fraction of sp³-hybridized carbons (Fsp3) is 1.00. The molecule has 1 aliphatic carbocycles. The number of hydrogen-bond donors (Lipinski definition) is 1. The van der Waals surface area contributed by atoms with Crippen LogP contribution in [-0.2, 0) is 0 Å². The predicted molar refractivity (Wildman–Crippen MR) is 44.6 cm³/mol. The Hall–Kier alpha value is 0.210. The molecule has 1 unspecified atom stereocenters. The Bertz CT molecular complexity index is 117. The molecular formula is C7H15ClN2. The van der Waals surface area contributed by atoms with Gasteiger partial charge in [-0.2, -0.15) is 0 Å². The molecule has 0 amide bonds. The Morgan fingerprint density at radius 2 is 1.70 bits per heavy atom. The molecule has 60 valence electrons. The molecule has 1 saturated carbocycles. The third kappa shape index (κ3) is 1.04. The molecule has 2 nitrogen and oxygen atoms in total. The van der Waals surface area contributed by atoms with Crippen LogP contribution in [0.15, 0.2) is 0 Å². The normalized spacial score (nSPS) is 42.9. The Labute approximate surface area is 68.4 Å². The maximum atomic E-state index is 3.38. The van der Waals surface area contributed by atoms with Gasteiger partial charge >= 0.3 is 0 Å². The monoisotopic (exact) mass is 162 g/mol. The van der Waals surface area contributed by atoms with E-state index in [2.05, 4.69) is 24.3 Å². The zero-order valence-corrected chi connectivity index (χ0v) is 7.32. The van der Waals surface area contributed by atoms with E-state index in [0.29, 0.717) is 0 Å². The summed E-state index contributed by atoms with van der Waals surface area (Å²) in [5, 5.41) is 3.38. The molecule has 0 aromatic carbocycles. The van der Waals surface area contributed by atoms with Crippen molar-refractivity contribution in [1.29, 1.82) is 0 Å². The highest BCUT2D eigenvalue weighted by molar-refractivity contribution is 5.85. The molecule has 1 N–H and O–H groups in total. The van der Waals surface area contributed by atoms with Crippen LogP contribution in [0.2, 0.25) is 0 Å². The Balaban J connectivity index is 0.000000500. The maximum absolute atomic E-state index is 3.38. The van der Waals surface area contributed by atoms with Crippen molar-refractivity contribution in [1.82, 2.24) is 10.2 Å². The van der Waals surface area contributed by atoms with E-state index in [0.717, 1.165) is 17.9 Å². The summed E-state index contributed by atoms with van der Waals surface area (Å²) in [7, 11) is 4.37. The fourth-order valence-corrected chi connectivity index (χ4v) is 2.15. The first-order valence-corrected chi connectivity index (χ1v) is 3.68. The minimum absolute atomic E-state index is 0. The summed E-state index contributed by atoms with van der Waals surface area (Å²) in [6.45, 7) is 2.51. The number of piperidine rings is 1. The van der Waals surface area contributed by atoms with Crippen LogP contribution in [0.5, 0.6) is 0 Å². The summed E-state index contributed by atoms with van der Waals surface area (Å²) in [5.74, 6) is 1.97. The summed E-state index contributed by atoms with van der Waals surface area (Å²) in [5.41, 5.74) is 0. The van der Waals surface area contributed by atoms with Gasteiger partial charge in [-0.25, -0.2) is 0 Å². The third-order valence-corrected chi connectivity index (χ3v) is 2.64. The van der Waals surface area contributed by atoms with Crippen LogP contribution in [-0.4, -0.2) is 38.1 Å². The van der Waals surface area contributed by atoms with Crippen molar-refractivity contribution in [3.05, 3.63) is 0 Å². The largest absolute Gasteiger partial charge is 0.316 e. The van der Waals surface area contributed by atoms with Crippen molar-refractivity contribution < 1.29 is 0 Å². The molecule has 2 rings (SSSR count). The third-order valence-electron chi connectivity index (χ3n) is 2.64. The average Bonchev–Trinajstić information content (AvgIpc) is 2.30. The summed E-state index contributed by atoms with van der Waals surface area (Å²) in [6, 6.07) is 0.909. The van der Waals surface area contributed by atoms with E-state index in [1.165, 1.54) is 13.1 Å². The molecule has 0 aromatic heterocycles. The quantitative estimate of drug-likeness (QED) is 0.592. The van der Waals surface area contributed by atoms with Gasteiger partial charge in [0.2, 0.25) is 0 Å². The zero-order valence-electron chi connectivity index (χ0n) is 6.50. The number of nitrogens with zero attached hydrogens (tertiary/aromatic N) is 1. The lowest BCUT2D eigenvalue weighted by atomic mass is 10.4. The van der Waals surface area contributed by atoms with Crippen molar-refractivity contribution >= 4 is 12.4 Å². The predicted octanol–water partition coefficient (Wildman–Crippen LogP) is 0.188. The molecule has 10 heavy (non-hydrogen) atoms. The van der Waals surface area contributed by atoms with E-state index in [1.807, 2.05) is 0 Å². The topological polar surface area (TPSA) is 15.3 Å². The smallest absolute Gasteiger partial charge is 0.0177 e. The molecular weight excluding hydrogens is 148 g/mol. The minimum Gasteiger partial charge on any atom is -0.316 e. The first-order chi connectivity index (χ1) is 4.30. The van der Waals surface area contributed by atoms with Crippen LogP contribution in [0, 0.1) is 11.8 Å². The van der Waals surface area contributed by atoms with Gasteiger partial charge in [0, 0.05) is 6.04 Å². The number of rotatable bonds is 1. The highest BCUT2D eigenvalue weighted by atomic mass is 35.5. The van der Waals surface area contributed by atoms with E-state index in [9.17, 15) is 0 Å². The van der Waals surface area contributed by atoms with Crippen LogP contribution in [0.1, 0.15) is 0 Å². The van der Waals surface area contributed by atoms with Crippen LogP contribution < -0.4 is 5.32 Å². The first kappa shape index (κ1) is 8.31. The van der Waals surface area contributed by atoms with Crippen molar-refractivity contribution in [2.45, 2.75) is 6.04 Å². The van der Waals surface area contributed by atoms with Gasteiger partial charge in [0.1, 0.15) is 0 Å². The molecule has 2 fully saturated rings. The highest BCUT2D eigenvalue weighted by Crippen LogP contribution is 2.44. The standard InChI is InChI=1S/C7H14N2.ClH/c1-9(2)7-5-3-8-4-6(5)7;/h5-8H,3-4H2,1-2H3;1H/t5-,6+,7?;. The van der Waals surface area contributed by atoms with Gasteiger partial charge in [-0.1, -0.05) is 0 Å². The van der Waals surface area contributed by atoms with E-state index in [1.54, 1.807) is 0 Å². The maximum Gasteiger partial charge on any atom is 0.0177 e. The van der Waals surface area contributed by atoms with Crippen molar-refractivity contribution in [2.75, 3.05) is 27.2 Å². The molecule has 1 heterocycles. The zero-order chi connectivity index (χ0) is 6.43. The summed E-state index contributed by atoms with van der Waals surface area (Å²) in [6.07, 6.45) is 0. The van der Waals surface area contributed by atoms with Crippen molar-refractivity contribution in [3.8, 4) is 0 Å². The van der Waals surface area contributed by atoms with Crippen molar-refractivity contribution in [3.63, 3.8) is 0 Å². The number of nitrogens with one attached hydrogen (secondary N) is 1. The Morgan fingerprint density at radius 1 is 1.20 bits per heavy atom. The van der Waals surface area contributed by atoms with Gasteiger partial charge < -0.3 is 10.2 Å². The van der Waals surface area contributed by atoms with Crippen LogP contribution >= 0.6 is 12.4 Å². The highest BCUT2D eigenvalue weighted by Gasteiger charge is 2.53. The molecule has 3 atom stereocenters. The van der Waals surface area contributed by atoms with Gasteiger partial charge in [-0.05, 0) is 39.0 Å². The van der Waals surface area contributed by atoms with Crippen molar-refractivity contribution in [2.24, 2.45) is 11.8 Å². The first-order valence-electron chi connectivity index (χ1n) is 3.68. The second kappa shape index (κ2) is 2.68. The van der Waals surface area contributed by atoms with Gasteiger partial charge in [-0.3, -0.25) is 0 Å². The van der Waals surface area contributed by atoms with E-state index >= 15 is 0 Å². The number of halogens is 1. The van der Waals surface area contributed by atoms with Crippen LogP contribution in [0.3, 0.4) is 0 Å². The average molecular weight is 163 g/mol. The lowest BCUT2D eigenvalue weighted by molar-refractivity contribution is 0.350. The molecule has 0 spiro atoms. The summed E-state index contributed by atoms with van der Waals surface area (Å²) >= 11 is 0. The lowest BCUT2D eigenvalue weighted by Crippen LogP contribution is -2.26. The molecule has 0 bridgehead atoms. The molecule has 3 heteroatoms. The minimum atomic E-state index is 0. The van der Waals surface area contributed by atoms with Gasteiger partial charge in [0.25, 0.3) is 0 Å². The molecule has 0 radical (unpaired) electrons. The Morgan fingerprint density at radius 3 is 2.00 bits per heavy atom. The molecule has 0 aromatic rings. The molecule has 1 aliphatic heterocycles. The van der Waals surface area contributed by atoms with E-state index < -0.39 is 0 Å². The van der Waals surface area contributed by atoms with Crippen LogP contribution in [0.4, 0.5) is 0 Å². The Kier molecular flexibility index (Phi) is 2.23. The number of fused-ring (bicyclic) bond motifs is 1.